The minimum atomic E-state index is -4.57. The van der Waals surface area contributed by atoms with Gasteiger partial charge in [-0.25, -0.2) is 9.59 Å². The van der Waals surface area contributed by atoms with Gasteiger partial charge in [-0.15, -0.1) is 0 Å². The van der Waals surface area contributed by atoms with Crippen molar-refractivity contribution in [2.75, 3.05) is 19.5 Å². The van der Waals surface area contributed by atoms with E-state index in [2.05, 4.69) is 4.74 Å². The first-order chi connectivity index (χ1) is 13.5. The molecule has 2 rings (SSSR count). The monoisotopic (exact) mass is 416 g/mol. The number of methoxy groups -OCH3 is 1. The summed E-state index contributed by atoms with van der Waals surface area (Å²) in [4.78, 5) is 37.2. The maximum atomic E-state index is 12.3. The number of alkyl halides is 3. The molecule has 0 saturated heterocycles. The Bertz CT molecular complexity index is 1020. The molecule has 0 spiro atoms. The van der Waals surface area contributed by atoms with Crippen LogP contribution in [0.5, 0.6) is 5.75 Å². The summed E-state index contributed by atoms with van der Waals surface area (Å²) < 4.78 is 46.6. The Morgan fingerprint density at radius 2 is 1.79 bits per heavy atom. The van der Waals surface area contributed by atoms with Gasteiger partial charge in [0.05, 0.1) is 13.7 Å². The summed E-state index contributed by atoms with van der Waals surface area (Å²) >= 11 is 0. The number of nitrogen functional groups attached to an aromatic ring is 1. The van der Waals surface area contributed by atoms with Crippen LogP contribution >= 0.6 is 0 Å². The maximum Gasteiger partial charge on any atom is 0.411 e. The van der Waals surface area contributed by atoms with Gasteiger partial charge in [-0.05, 0) is 17.7 Å². The predicted octanol–water partition coefficient (Wildman–Crippen LogP) is 2.11. The molecule has 0 saturated carbocycles. The quantitative estimate of drug-likeness (QED) is 0.536. The van der Waals surface area contributed by atoms with E-state index in [-0.39, 0.29) is 16.9 Å². The number of hydrogen-bond donors (Lipinski definition) is 4. The summed E-state index contributed by atoms with van der Waals surface area (Å²) in [6.45, 7) is -2.11. The highest BCUT2D eigenvalue weighted by atomic mass is 19.4. The lowest BCUT2D eigenvalue weighted by molar-refractivity contribution is -0.176. The van der Waals surface area contributed by atoms with E-state index in [4.69, 9.17) is 10.5 Å². The molecule has 0 aliphatic carbocycles. The summed E-state index contributed by atoms with van der Waals surface area (Å²) in [6, 6.07) is 3.69. The van der Waals surface area contributed by atoms with Gasteiger partial charge in [0, 0.05) is 11.1 Å². The summed E-state index contributed by atoms with van der Waals surface area (Å²) in [5, 5.41) is 18.8. The average Bonchev–Trinajstić information content (AvgIpc) is 2.59. The summed E-state index contributed by atoms with van der Waals surface area (Å²) in [7, 11) is 1.25. The van der Waals surface area contributed by atoms with Crippen molar-refractivity contribution in [3.63, 3.8) is 0 Å². The average molecular weight is 416 g/mol. The second-order valence-electron chi connectivity index (χ2n) is 5.74. The number of pyridine rings is 1. The smallest absolute Gasteiger partial charge is 0.411 e. The number of carboxylic acids is 2. The highest BCUT2D eigenvalue weighted by Crippen LogP contribution is 2.33. The van der Waals surface area contributed by atoms with Gasteiger partial charge in [-0.1, -0.05) is 6.07 Å². The number of hydrogen-bond acceptors (Lipinski definition) is 6. The van der Waals surface area contributed by atoms with Crippen molar-refractivity contribution < 1.29 is 42.4 Å². The van der Waals surface area contributed by atoms with E-state index < -0.39 is 59.4 Å². The van der Waals surface area contributed by atoms with Gasteiger partial charge in [0.25, 0.3) is 5.56 Å². The lowest BCUT2D eigenvalue weighted by atomic mass is 9.94. The zero-order valence-corrected chi connectivity index (χ0v) is 14.8. The van der Waals surface area contributed by atoms with Crippen LogP contribution in [-0.4, -0.2) is 47.0 Å². The molecule has 1 heterocycles. The summed E-state index contributed by atoms with van der Waals surface area (Å²) in [5.41, 5.74) is 2.35. The van der Waals surface area contributed by atoms with Crippen LogP contribution in [0.3, 0.4) is 0 Å². The zero-order valence-electron chi connectivity index (χ0n) is 14.8. The number of nitrogens with one attached hydrogen (secondary N) is 1. The van der Waals surface area contributed by atoms with Gasteiger partial charge in [0.2, 0.25) is 0 Å². The van der Waals surface area contributed by atoms with E-state index in [0.29, 0.717) is 0 Å². The van der Waals surface area contributed by atoms with Crippen LogP contribution < -0.4 is 16.0 Å². The normalized spacial score (nSPS) is 11.3. The van der Waals surface area contributed by atoms with Gasteiger partial charge in [0.1, 0.15) is 29.3 Å². The van der Waals surface area contributed by atoms with Crippen molar-refractivity contribution in [3.05, 3.63) is 45.2 Å². The van der Waals surface area contributed by atoms with Crippen molar-refractivity contribution in [1.29, 1.82) is 0 Å². The Kier molecular flexibility index (Phi) is 6.17. The number of rotatable bonds is 7. The topological polar surface area (TPSA) is 152 Å². The molecule has 29 heavy (non-hydrogen) atoms. The molecule has 0 atom stereocenters. The van der Waals surface area contributed by atoms with E-state index in [1.807, 2.05) is 4.98 Å². The molecule has 12 heteroatoms. The van der Waals surface area contributed by atoms with Crippen LogP contribution in [0.2, 0.25) is 0 Å². The minimum absolute atomic E-state index is 0.0702. The maximum absolute atomic E-state index is 12.3. The molecule has 5 N–H and O–H groups in total. The van der Waals surface area contributed by atoms with Gasteiger partial charge in [0.15, 0.2) is 0 Å². The highest BCUT2D eigenvalue weighted by Gasteiger charge is 2.29. The number of H-pyrrole nitrogens is 1. The number of aromatic nitrogens is 1. The third-order valence-electron chi connectivity index (χ3n) is 3.76. The van der Waals surface area contributed by atoms with E-state index in [1.165, 1.54) is 25.3 Å². The number of ether oxygens (including phenoxy) is 2. The molecule has 0 radical (unpaired) electrons. The Morgan fingerprint density at radius 1 is 1.17 bits per heavy atom. The molecule has 9 nitrogen and oxygen atoms in total. The number of aromatic amines is 1. The Balaban J connectivity index is 2.68. The molecule has 156 valence electrons. The number of nitrogens with two attached hydrogens (primary N) is 1. The van der Waals surface area contributed by atoms with Gasteiger partial charge < -0.3 is 30.4 Å². The van der Waals surface area contributed by atoms with Crippen LogP contribution in [0.25, 0.3) is 11.1 Å². The lowest BCUT2D eigenvalue weighted by Gasteiger charge is -2.15. The molecular formula is C17H15F3N2O7. The molecule has 1 aromatic carbocycles. The molecule has 0 aliphatic rings. The molecule has 0 unspecified atom stereocenters. The number of benzene rings is 1. The van der Waals surface area contributed by atoms with Crippen molar-refractivity contribution in [3.8, 4) is 16.9 Å². The third-order valence-corrected chi connectivity index (χ3v) is 3.76. The number of aromatic carboxylic acids is 2. The molecular weight excluding hydrogens is 401 g/mol. The number of carboxylic acid groups (broad SMARTS) is 2. The Morgan fingerprint density at radius 3 is 2.31 bits per heavy atom. The first-order valence-electron chi connectivity index (χ1n) is 7.80. The Hall–Kier alpha value is -3.54. The van der Waals surface area contributed by atoms with Crippen molar-refractivity contribution in [2.45, 2.75) is 12.8 Å². The van der Waals surface area contributed by atoms with E-state index in [0.717, 1.165) is 0 Å². The second-order valence-corrected chi connectivity index (χ2v) is 5.74. The standard InChI is InChI=1S/C17H15F3N2O7/c1-28-9-3-2-7(4-8(9)5-29-6-17(18,19)20)10-11(15(24)25)13(21)22-14(23)12(10)16(26)27/h2-4H,5-6H2,1H3,(H,24,25)(H,26,27)(H3,21,22,23). The van der Waals surface area contributed by atoms with Crippen LogP contribution in [0.1, 0.15) is 26.3 Å². The summed E-state index contributed by atoms with van der Waals surface area (Å²) in [5.74, 6) is -3.79. The Labute approximate surface area is 160 Å². The van der Waals surface area contributed by atoms with Crippen LogP contribution in [0.15, 0.2) is 23.0 Å². The molecule has 0 bridgehead atoms. The zero-order chi connectivity index (χ0) is 21.9. The molecule has 1 aromatic heterocycles. The second kappa shape index (κ2) is 8.22. The molecule has 0 fully saturated rings. The van der Waals surface area contributed by atoms with E-state index in [9.17, 15) is 37.8 Å². The minimum Gasteiger partial charge on any atom is -0.496 e. The molecule has 0 amide bonds. The van der Waals surface area contributed by atoms with Crippen molar-refractivity contribution >= 4 is 17.8 Å². The SMILES string of the molecule is COc1ccc(-c2c(C(=O)O)c(N)[nH]c(=O)c2C(=O)O)cc1COCC(F)(F)F. The highest BCUT2D eigenvalue weighted by molar-refractivity contribution is 6.07. The fourth-order valence-corrected chi connectivity index (χ4v) is 2.66. The predicted molar refractivity (Wildman–Crippen MR) is 93.1 cm³/mol. The first-order valence-corrected chi connectivity index (χ1v) is 7.80. The van der Waals surface area contributed by atoms with Gasteiger partial charge >= 0.3 is 18.1 Å². The number of carbonyl (C=O) groups is 2. The fraction of sp³-hybridized carbons (Fsp3) is 0.235. The number of halogens is 3. The largest absolute Gasteiger partial charge is 0.496 e. The van der Waals surface area contributed by atoms with Crippen molar-refractivity contribution in [2.24, 2.45) is 0 Å². The number of anilines is 1. The lowest BCUT2D eigenvalue weighted by Crippen LogP contribution is -2.24. The summed E-state index contributed by atoms with van der Waals surface area (Å²) in [6.07, 6.45) is -4.57. The van der Waals surface area contributed by atoms with Gasteiger partial charge in [-0.2, -0.15) is 13.2 Å². The molecule has 0 aliphatic heterocycles. The first kappa shape index (κ1) is 21.8. The van der Waals surface area contributed by atoms with E-state index in [1.54, 1.807) is 0 Å². The molecule has 2 aromatic rings. The van der Waals surface area contributed by atoms with E-state index >= 15 is 0 Å². The van der Waals surface area contributed by atoms with Crippen molar-refractivity contribution in [1.82, 2.24) is 4.98 Å². The third kappa shape index (κ3) is 4.85. The van der Waals surface area contributed by atoms with Crippen LogP contribution in [-0.2, 0) is 11.3 Å². The fourth-order valence-electron chi connectivity index (χ4n) is 2.66. The van der Waals surface area contributed by atoms with Crippen LogP contribution in [0, 0.1) is 0 Å². The van der Waals surface area contributed by atoms with Gasteiger partial charge in [-0.3, -0.25) is 4.79 Å². The van der Waals surface area contributed by atoms with Crippen LogP contribution in [0.4, 0.5) is 19.0 Å².